The highest BCUT2D eigenvalue weighted by Crippen LogP contribution is 2.19. The zero-order chi connectivity index (χ0) is 14.8. The van der Waals surface area contributed by atoms with Gasteiger partial charge in [0.2, 0.25) is 5.91 Å². The summed E-state index contributed by atoms with van der Waals surface area (Å²) in [6.07, 6.45) is 1.47. The number of benzene rings is 1. The number of carbonyl (C=O) groups excluding carboxylic acids is 1. The third kappa shape index (κ3) is 2.76. The molecule has 1 atom stereocenters. The van der Waals surface area contributed by atoms with Crippen molar-refractivity contribution >= 4 is 16.9 Å². The standard InChI is InChI=1S/C15H19FN4O/c1-2-7-20-13-4-3-10(16)8-11(13)19-14(20)9-12-15(21)18-6-5-17-12/h3-4,8,12,17H,2,5-7,9H2,1H3,(H,18,21). The van der Waals surface area contributed by atoms with Crippen LogP contribution >= 0.6 is 0 Å². The lowest BCUT2D eigenvalue weighted by molar-refractivity contribution is -0.124. The molecule has 1 aromatic heterocycles. The maximum Gasteiger partial charge on any atom is 0.237 e. The van der Waals surface area contributed by atoms with E-state index in [0.29, 0.717) is 18.5 Å². The number of piperazine rings is 1. The Kier molecular flexibility index (Phi) is 3.88. The van der Waals surface area contributed by atoms with Crippen LogP contribution in [0.25, 0.3) is 11.0 Å². The second-order valence-corrected chi connectivity index (χ2v) is 5.31. The van der Waals surface area contributed by atoms with Crippen molar-refractivity contribution in [3.63, 3.8) is 0 Å². The van der Waals surface area contributed by atoms with Gasteiger partial charge in [0.15, 0.2) is 0 Å². The van der Waals surface area contributed by atoms with Crippen molar-refractivity contribution in [3.05, 3.63) is 29.8 Å². The summed E-state index contributed by atoms with van der Waals surface area (Å²) in [5.41, 5.74) is 1.57. The van der Waals surface area contributed by atoms with Crippen molar-refractivity contribution in [1.82, 2.24) is 20.2 Å². The van der Waals surface area contributed by atoms with E-state index in [4.69, 9.17) is 0 Å². The van der Waals surface area contributed by atoms with Gasteiger partial charge in [-0.25, -0.2) is 9.37 Å². The van der Waals surface area contributed by atoms with Crippen LogP contribution in [0.3, 0.4) is 0 Å². The predicted molar refractivity (Wildman–Crippen MR) is 78.5 cm³/mol. The lowest BCUT2D eigenvalue weighted by atomic mass is 10.1. The SMILES string of the molecule is CCCn1c(CC2NCCNC2=O)nc2cc(F)ccc21. The number of carbonyl (C=O) groups is 1. The highest BCUT2D eigenvalue weighted by Gasteiger charge is 2.24. The molecule has 2 aromatic rings. The molecule has 2 N–H and O–H groups in total. The number of hydrogen-bond donors (Lipinski definition) is 2. The molecule has 0 saturated carbocycles. The molecule has 1 aromatic carbocycles. The van der Waals surface area contributed by atoms with Crippen molar-refractivity contribution in [2.45, 2.75) is 32.4 Å². The topological polar surface area (TPSA) is 59.0 Å². The molecule has 0 radical (unpaired) electrons. The third-order valence-corrected chi connectivity index (χ3v) is 3.75. The van der Waals surface area contributed by atoms with Gasteiger partial charge in [-0.1, -0.05) is 6.92 Å². The van der Waals surface area contributed by atoms with Crippen LogP contribution in [0.2, 0.25) is 0 Å². The normalized spacial score (nSPS) is 19.0. The Balaban J connectivity index is 1.96. The van der Waals surface area contributed by atoms with Crippen molar-refractivity contribution in [2.75, 3.05) is 13.1 Å². The molecular formula is C15H19FN4O. The van der Waals surface area contributed by atoms with E-state index in [9.17, 15) is 9.18 Å². The summed E-state index contributed by atoms with van der Waals surface area (Å²) in [5, 5.41) is 6.05. The average Bonchev–Trinajstić information content (AvgIpc) is 2.79. The minimum Gasteiger partial charge on any atom is -0.353 e. The van der Waals surface area contributed by atoms with E-state index in [1.165, 1.54) is 12.1 Å². The molecule has 6 heteroatoms. The van der Waals surface area contributed by atoms with E-state index in [1.807, 2.05) is 0 Å². The number of nitrogens with zero attached hydrogens (tertiary/aromatic N) is 2. The number of amides is 1. The summed E-state index contributed by atoms with van der Waals surface area (Å²) in [6, 6.07) is 4.38. The molecule has 112 valence electrons. The molecule has 5 nitrogen and oxygen atoms in total. The molecule has 1 aliphatic rings. The predicted octanol–water partition coefficient (Wildman–Crippen LogP) is 1.22. The molecule has 0 spiro atoms. The Bertz CT molecular complexity index is 667. The Labute approximate surface area is 122 Å². The summed E-state index contributed by atoms with van der Waals surface area (Å²) in [6.45, 7) is 4.32. The molecule has 1 aliphatic heterocycles. The summed E-state index contributed by atoms with van der Waals surface area (Å²) in [4.78, 5) is 16.4. The number of aryl methyl sites for hydroxylation is 1. The second-order valence-electron chi connectivity index (χ2n) is 5.31. The molecule has 0 bridgehead atoms. The van der Waals surface area contributed by atoms with E-state index in [1.54, 1.807) is 6.07 Å². The zero-order valence-electron chi connectivity index (χ0n) is 12.0. The first-order valence-corrected chi connectivity index (χ1v) is 7.35. The van der Waals surface area contributed by atoms with E-state index >= 15 is 0 Å². The van der Waals surface area contributed by atoms with Gasteiger partial charge < -0.3 is 15.2 Å². The average molecular weight is 290 g/mol. The maximum atomic E-state index is 13.4. The number of hydrogen-bond acceptors (Lipinski definition) is 3. The molecule has 1 fully saturated rings. The minimum absolute atomic E-state index is 0.00235. The summed E-state index contributed by atoms with van der Waals surface area (Å²) in [7, 11) is 0. The van der Waals surface area contributed by atoms with Crippen LogP contribution in [-0.4, -0.2) is 34.6 Å². The van der Waals surface area contributed by atoms with Crippen LogP contribution in [0.5, 0.6) is 0 Å². The highest BCUT2D eigenvalue weighted by atomic mass is 19.1. The number of imidazole rings is 1. The molecule has 1 unspecified atom stereocenters. The van der Waals surface area contributed by atoms with Gasteiger partial charge in [-0.15, -0.1) is 0 Å². The summed E-state index contributed by atoms with van der Waals surface area (Å²) < 4.78 is 15.4. The fraction of sp³-hybridized carbons (Fsp3) is 0.467. The van der Waals surface area contributed by atoms with Crippen LogP contribution in [0, 0.1) is 5.82 Å². The number of nitrogens with one attached hydrogen (secondary N) is 2. The molecular weight excluding hydrogens is 271 g/mol. The maximum absolute atomic E-state index is 13.4. The largest absolute Gasteiger partial charge is 0.353 e. The van der Waals surface area contributed by atoms with Gasteiger partial charge in [-0.2, -0.15) is 0 Å². The quantitative estimate of drug-likeness (QED) is 0.890. The van der Waals surface area contributed by atoms with Gasteiger partial charge in [-0.05, 0) is 18.6 Å². The smallest absolute Gasteiger partial charge is 0.237 e. The fourth-order valence-corrected chi connectivity index (χ4v) is 2.78. The first kappa shape index (κ1) is 14.0. The lowest BCUT2D eigenvalue weighted by Crippen LogP contribution is -2.54. The van der Waals surface area contributed by atoms with Crippen molar-refractivity contribution in [2.24, 2.45) is 0 Å². The number of fused-ring (bicyclic) bond motifs is 1. The Hall–Kier alpha value is -1.95. The second kappa shape index (κ2) is 5.81. The van der Waals surface area contributed by atoms with Crippen LogP contribution in [0.15, 0.2) is 18.2 Å². The Morgan fingerprint density at radius 2 is 2.29 bits per heavy atom. The van der Waals surface area contributed by atoms with E-state index < -0.39 is 0 Å². The summed E-state index contributed by atoms with van der Waals surface area (Å²) in [5.74, 6) is 0.540. The number of aromatic nitrogens is 2. The first-order chi connectivity index (χ1) is 10.2. The highest BCUT2D eigenvalue weighted by molar-refractivity contribution is 5.83. The fourth-order valence-electron chi connectivity index (χ4n) is 2.78. The molecule has 0 aliphatic carbocycles. The molecule has 2 heterocycles. The van der Waals surface area contributed by atoms with Crippen LogP contribution in [-0.2, 0) is 17.8 Å². The number of rotatable bonds is 4. The molecule has 1 amide bonds. The van der Waals surface area contributed by atoms with E-state index in [-0.39, 0.29) is 17.8 Å². The van der Waals surface area contributed by atoms with Crippen LogP contribution < -0.4 is 10.6 Å². The van der Waals surface area contributed by atoms with E-state index in [0.717, 1.165) is 30.9 Å². The van der Waals surface area contributed by atoms with Crippen LogP contribution in [0.1, 0.15) is 19.2 Å². The monoisotopic (exact) mass is 290 g/mol. The third-order valence-electron chi connectivity index (χ3n) is 3.75. The van der Waals surface area contributed by atoms with Crippen LogP contribution in [0.4, 0.5) is 4.39 Å². The molecule has 3 rings (SSSR count). The lowest BCUT2D eigenvalue weighted by Gasteiger charge is -2.23. The van der Waals surface area contributed by atoms with Gasteiger partial charge in [0.25, 0.3) is 0 Å². The van der Waals surface area contributed by atoms with Gasteiger partial charge in [0, 0.05) is 32.1 Å². The van der Waals surface area contributed by atoms with Gasteiger partial charge in [0.1, 0.15) is 11.6 Å². The summed E-state index contributed by atoms with van der Waals surface area (Å²) >= 11 is 0. The van der Waals surface area contributed by atoms with Crippen molar-refractivity contribution < 1.29 is 9.18 Å². The Morgan fingerprint density at radius 3 is 3.05 bits per heavy atom. The van der Waals surface area contributed by atoms with Crippen molar-refractivity contribution in [1.29, 1.82) is 0 Å². The minimum atomic E-state index is -0.288. The van der Waals surface area contributed by atoms with Gasteiger partial charge >= 0.3 is 0 Å². The molecule has 1 saturated heterocycles. The van der Waals surface area contributed by atoms with E-state index in [2.05, 4.69) is 27.1 Å². The van der Waals surface area contributed by atoms with Gasteiger partial charge in [-0.3, -0.25) is 4.79 Å². The van der Waals surface area contributed by atoms with Gasteiger partial charge in [0.05, 0.1) is 17.1 Å². The van der Waals surface area contributed by atoms with Crippen molar-refractivity contribution in [3.8, 4) is 0 Å². The Morgan fingerprint density at radius 1 is 1.43 bits per heavy atom. The number of halogens is 1. The molecule has 21 heavy (non-hydrogen) atoms. The first-order valence-electron chi connectivity index (χ1n) is 7.35. The zero-order valence-corrected chi connectivity index (χ0v) is 12.0.